The summed E-state index contributed by atoms with van der Waals surface area (Å²) in [5.74, 6) is 0.535. The Morgan fingerprint density at radius 1 is 1.40 bits per heavy atom. The molecule has 1 saturated heterocycles. The summed E-state index contributed by atoms with van der Waals surface area (Å²) in [4.78, 5) is 32.3. The quantitative estimate of drug-likeness (QED) is 0.688. The van der Waals surface area contributed by atoms with E-state index in [1.165, 1.54) is 0 Å². The zero-order chi connectivity index (χ0) is 21.9. The standard InChI is InChI=1S/C22H31N5O3/c1-15(25-18-12-17(30-4)11-16-8-5-9-24-21(16)18)7-6-10-26-20(29)14-27(19(28)13-23)22(26,2)3/h5,8-9,11-12,15,25H,6-7,10,13-14,23H2,1-4H3. The van der Waals surface area contributed by atoms with E-state index in [4.69, 9.17) is 10.5 Å². The topological polar surface area (TPSA) is 101 Å². The van der Waals surface area contributed by atoms with Gasteiger partial charge in [0.15, 0.2) is 0 Å². The molecule has 2 aromatic rings. The van der Waals surface area contributed by atoms with Crippen LogP contribution >= 0.6 is 0 Å². The number of benzene rings is 1. The van der Waals surface area contributed by atoms with Crippen LogP contribution in [0.3, 0.4) is 0 Å². The molecule has 1 fully saturated rings. The van der Waals surface area contributed by atoms with E-state index in [0.717, 1.165) is 35.2 Å². The van der Waals surface area contributed by atoms with Gasteiger partial charge in [-0.3, -0.25) is 14.6 Å². The molecular weight excluding hydrogens is 382 g/mol. The fourth-order valence-corrected chi connectivity index (χ4v) is 4.05. The number of ether oxygens (including phenoxy) is 1. The maximum Gasteiger partial charge on any atom is 0.244 e. The number of pyridine rings is 1. The first-order chi connectivity index (χ1) is 14.3. The molecule has 1 atom stereocenters. The molecule has 0 saturated carbocycles. The maximum atomic E-state index is 12.5. The van der Waals surface area contributed by atoms with E-state index >= 15 is 0 Å². The van der Waals surface area contributed by atoms with Crippen LogP contribution in [0.25, 0.3) is 10.9 Å². The van der Waals surface area contributed by atoms with Gasteiger partial charge in [0.1, 0.15) is 18.0 Å². The third kappa shape index (κ3) is 4.33. The predicted octanol–water partition coefficient (Wildman–Crippen LogP) is 2.19. The number of nitrogens with one attached hydrogen (secondary N) is 1. The molecule has 30 heavy (non-hydrogen) atoms. The maximum absolute atomic E-state index is 12.5. The normalized spacial score (nSPS) is 16.8. The molecule has 3 rings (SSSR count). The first-order valence-electron chi connectivity index (χ1n) is 10.3. The van der Waals surface area contributed by atoms with Gasteiger partial charge in [-0.1, -0.05) is 6.07 Å². The zero-order valence-electron chi connectivity index (χ0n) is 18.1. The molecule has 1 aliphatic rings. The summed E-state index contributed by atoms with van der Waals surface area (Å²) < 4.78 is 5.41. The molecule has 2 amide bonds. The Kier molecular flexibility index (Phi) is 6.45. The van der Waals surface area contributed by atoms with E-state index in [1.807, 2.05) is 38.1 Å². The van der Waals surface area contributed by atoms with Gasteiger partial charge in [-0.25, -0.2) is 0 Å². The number of fused-ring (bicyclic) bond motifs is 1. The van der Waals surface area contributed by atoms with Crippen LogP contribution in [0, 0.1) is 0 Å². The highest BCUT2D eigenvalue weighted by molar-refractivity contribution is 5.92. The third-order valence-electron chi connectivity index (χ3n) is 5.73. The van der Waals surface area contributed by atoms with Crippen LogP contribution in [0.4, 0.5) is 5.69 Å². The summed E-state index contributed by atoms with van der Waals surface area (Å²) >= 11 is 0. The fourth-order valence-electron chi connectivity index (χ4n) is 4.05. The second-order valence-electron chi connectivity index (χ2n) is 8.16. The summed E-state index contributed by atoms with van der Waals surface area (Å²) in [5.41, 5.74) is 6.66. The third-order valence-corrected chi connectivity index (χ3v) is 5.73. The Hall–Kier alpha value is -2.87. The molecule has 0 radical (unpaired) electrons. The Balaban J connectivity index is 1.62. The van der Waals surface area contributed by atoms with Gasteiger partial charge in [-0.15, -0.1) is 0 Å². The van der Waals surface area contributed by atoms with Crippen molar-refractivity contribution in [2.45, 2.75) is 45.3 Å². The van der Waals surface area contributed by atoms with Gasteiger partial charge < -0.3 is 25.6 Å². The molecule has 8 heteroatoms. The number of amides is 2. The zero-order valence-corrected chi connectivity index (χ0v) is 18.1. The number of rotatable bonds is 8. The lowest BCUT2D eigenvalue weighted by molar-refractivity contribution is -0.136. The largest absolute Gasteiger partial charge is 0.497 e. The Morgan fingerprint density at radius 2 is 2.17 bits per heavy atom. The van der Waals surface area contributed by atoms with Gasteiger partial charge in [0, 0.05) is 30.2 Å². The molecule has 0 aliphatic carbocycles. The Morgan fingerprint density at radius 3 is 2.87 bits per heavy atom. The van der Waals surface area contributed by atoms with Gasteiger partial charge >= 0.3 is 0 Å². The van der Waals surface area contributed by atoms with Crippen molar-refractivity contribution < 1.29 is 14.3 Å². The number of anilines is 1. The van der Waals surface area contributed by atoms with Crippen LogP contribution in [0.15, 0.2) is 30.5 Å². The molecular formula is C22H31N5O3. The Labute approximate surface area is 177 Å². The molecule has 1 aliphatic heterocycles. The number of hydrogen-bond donors (Lipinski definition) is 2. The summed E-state index contributed by atoms with van der Waals surface area (Å²) in [6.07, 6.45) is 3.44. The summed E-state index contributed by atoms with van der Waals surface area (Å²) in [6, 6.07) is 8.01. The highest BCUT2D eigenvalue weighted by atomic mass is 16.5. The summed E-state index contributed by atoms with van der Waals surface area (Å²) in [6.45, 7) is 6.48. The molecule has 1 unspecified atom stereocenters. The monoisotopic (exact) mass is 413 g/mol. The van der Waals surface area contributed by atoms with Crippen LogP contribution < -0.4 is 15.8 Å². The van der Waals surface area contributed by atoms with Crippen LogP contribution in [-0.2, 0) is 9.59 Å². The minimum absolute atomic E-state index is 0.0367. The van der Waals surface area contributed by atoms with Gasteiger partial charge in [-0.2, -0.15) is 0 Å². The van der Waals surface area contributed by atoms with Crippen molar-refractivity contribution in [2.75, 3.05) is 32.1 Å². The van der Waals surface area contributed by atoms with Crippen molar-refractivity contribution in [2.24, 2.45) is 5.73 Å². The van der Waals surface area contributed by atoms with Gasteiger partial charge in [-0.05, 0) is 45.7 Å². The number of carbonyl (C=O) groups excluding carboxylic acids is 2. The van der Waals surface area contributed by atoms with E-state index in [2.05, 4.69) is 17.2 Å². The fraction of sp³-hybridized carbons (Fsp3) is 0.500. The minimum atomic E-state index is -0.656. The number of nitrogens with zero attached hydrogens (tertiary/aromatic N) is 3. The average Bonchev–Trinajstić information content (AvgIpc) is 2.96. The van der Waals surface area contributed by atoms with E-state index < -0.39 is 5.66 Å². The molecule has 1 aromatic heterocycles. The lowest BCUT2D eigenvalue weighted by Gasteiger charge is -2.37. The summed E-state index contributed by atoms with van der Waals surface area (Å²) in [5, 5.41) is 4.54. The average molecular weight is 414 g/mol. The summed E-state index contributed by atoms with van der Waals surface area (Å²) in [7, 11) is 1.65. The van der Waals surface area contributed by atoms with Crippen LogP contribution in [0.2, 0.25) is 0 Å². The first kappa shape index (κ1) is 21.8. The minimum Gasteiger partial charge on any atom is -0.497 e. The SMILES string of the molecule is COc1cc(NC(C)CCCN2C(=O)CN(C(=O)CN)C2(C)C)c2ncccc2c1. The van der Waals surface area contributed by atoms with Crippen LogP contribution in [-0.4, -0.2) is 65.0 Å². The van der Waals surface area contributed by atoms with Crippen LogP contribution in [0.5, 0.6) is 5.75 Å². The molecule has 0 spiro atoms. The van der Waals surface area contributed by atoms with Crippen molar-refractivity contribution in [3.63, 3.8) is 0 Å². The number of carbonyl (C=O) groups is 2. The predicted molar refractivity (Wildman–Crippen MR) is 117 cm³/mol. The highest BCUT2D eigenvalue weighted by Crippen LogP contribution is 2.30. The lowest BCUT2D eigenvalue weighted by atomic mass is 10.1. The van der Waals surface area contributed by atoms with Gasteiger partial charge in [0.05, 0.1) is 24.9 Å². The van der Waals surface area contributed by atoms with Crippen molar-refractivity contribution in [3.8, 4) is 5.75 Å². The number of nitrogens with two attached hydrogens (primary N) is 1. The number of aromatic nitrogens is 1. The first-order valence-corrected chi connectivity index (χ1v) is 10.3. The molecule has 1 aromatic carbocycles. The molecule has 8 nitrogen and oxygen atoms in total. The smallest absolute Gasteiger partial charge is 0.244 e. The van der Waals surface area contributed by atoms with E-state index in [1.54, 1.807) is 23.1 Å². The molecule has 2 heterocycles. The van der Waals surface area contributed by atoms with E-state index in [-0.39, 0.29) is 30.9 Å². The number of methoxy groups -OCH3 is 1. The van der Waals surface area contributed by atoms with Gasteiger partial charge in [0.25, 0.3) is 0 Å². The van der Waals surface area contributed by atoms with E-state index in [9.17, 15) is 9.59 Å². The van der Waals surface area contributed by atoms with Crippen molar-refractivity contribution in [1.29, 1.82) is 0 Å². The molecule has 0 bridgehead atoms. The highest BCUT2D eigenvalue weighted by Gasteiger charge is 2.45. The van der Waals surface area contributed by atoms with Crippen molar-refractivity contribution in [1.82, 2.24) is 14.8 Å². The molecule has 3 N–H and O–H groups in total. The second kappa shape index (κ2) is 8.87. The van der Waals surface area contributed by atoms with Crippen molar-refractivity contribution >= 4 is 28.4 Å². The van der Waals surface area contributed by atoms with Gasteiger partial charge in [0.2, 0.25) is 11.8 Å². The molecule has 162 valence electrons. The van der Waals surface area contributed by atoms with Crippen LogP contribution in [0.1, 0.15) is 33.6 Å². The van der Waals surface area contributed by atoms with E-state index in [0.29, 0.717) is 6.54 Å². The van der Waals surface area contributed by atoms with Crippen molar-refractivity contribution in [3.05, 3.63) is 30.5 Å². The Bertz CT molecular complexity index is 930. The number of hydrogen-bond acceptors (Lipinski definition) is 6. The lowest BCUT2D eigenvalue weighted by Crippen LogP contribution is -2.53. The second-order valence-corrected chi connectivity index (χ2v) is 8.16.